The zero-order valence-electron chi connectivity index (χ0n) is 20.4. The molecular weight excluding hydrogens is 444 g/mol. The molecule has 1 aromatic heterocycles. The van der Waals surface area contributed by atoms with Gasteiger partial charge < -0.3 is 14.4 Å². The molecule has 1 aliphatic heterocycles. The van der Waals surface area contributed by atoms with E-state index in [1.165, 1.54) is 19.3 Å². The quantitative estimate of drug-likeness (QED) is 0.274. The minimum absolute atomic E-state index is 0.188. The third-order valence-electron chi connectivity index (χ3n) is 6.65. The first-order chi connectivity index (χ1) is 17.2. The van der Waals surface area contributed by atoms with Crippen molar-refractivity contribution in [2.24, 2.45) is 5.11 Å². The molecule has 2 aliphatic rings. The fourth-order valence-electron chi connectivity index (χ4n) is 4.69. The van der Waals surface area contributed by atoms with E-state index in [1.807, 2.05) is 30.3 Å². The number of ether oxygens (including phenoxy) is 2. The molecule has 4 rings (SSSR count). The number of hydrogen-bond donors (Lipinski definition) is 0. The summed E-state index contributed by atoms with van der Waals surface area (Å²) in [5.41, 5.74) is 11.7. The third-order valence-corrected chi connectivity index (χ3v) is 6.65. The number of carbonyl (C=O) groups is 1. The van der Waals surface area contributed by atoms with Crippen molar-refractivity contribution < 1.29 is 14.3 Å². The van der Waals surface area contributed by atoms with E-state index in [1.54, 1.807) is 4.90 Å². The summed E-state index contributed by atoms with van der Waals surface area (Å²) in [5, 5.41) is 12.3. The van der Waals surface area contributed by atoms with Gasteiger partial charge in [0.15, 0.2) is 5.69 Å². The molecule has 1 atom stereocenters. The number of aryl methyl sites for hydroxylation is 1. The predicted octanol–water partition coefficient (Wildman–Crippen LogP) is 5.35. The van der Waals surface area contributed by atoms with E-state index in [2.05, 4.69) is 27.1 Å². The van der Waals surface area contributed by atoms with Crippen LogP contribution in [0.25, 0.3) is 21.6 Å². The van der Waals surface area contributed by atoms with Crippen molar-refractivity contribution in [3.63, 3.8) is 0 Å². The Bertz CT molecular complexity index is 1030. The summed E-state index contributed by atoms with van der Waals surface area (Å²) in [6.45, 7) is 3.57. The third kappa shape index (κ3) is 6.71. The first kappa shape index (κ1) is 24.9. The highest BCUT2D eigenvalue weighted by Crippen LogP contribution is 2.29. The first-order valence-electron chi connectivity index (χ1n) is 12.7. The molecule has 35 heavy (non-hydrogen) atoms. The maximum absolute atomic E-state index is 13.2. The SMILES string of the molecule is CCCCc1nnc(C(=O)N2CCO[C@@H](CN=[N+]=[N-])C2)cc1-c1ccc(OC2CCCCC2)cc1. The fraction of sp³-hybridized carbons (Fsp3) is 0.577. The Morgan fingerprint density at radius 2 is 2.03 bits per heavy atom. The number of nitrogens with zero attached hydrogens (tertiary/aromatic N) is 6. The Kier molecular flexibility index (Phi) is 8.92. The van der Waals surface area contributed by atoms with Gasteiger partial charge in [-0.3, -0.25) is 4.79 Å². The van der Waals surface area contributed by atoms with Gasteiger partial charge in [-0.15, -0.1) is 5.10 Å². The highest BCUT2D eigenvalue weighted by atomic mass is 16.5. The van der Waals surface area contributed by atoms with Crippen LogP contribution in [-0.2, 0) is 11.2 Å². The van der Waals surface area contributed by atoms with E-state index >= 15 is 0 Å². The summed E-state index contributed by atoms with van der Waals surface area (Å²) in [5.74, 6) is 0.695. The molecule has 2 aromatic rings. The van der Waals surface area contributed by atoms with Crippen LogP contribution in [0.15, 0.2) is 35.4 Å². The number of azide groups is 1. The van der Waals surface area contributed by atoms with Crippen LogP contribution in [0.5, 0.6) is 5.75 Å². The Hall–Kier alpha value is -3.16. The second-order valence-corrected chi connectivity index (χ2v) is 9.25. The fourth-order valence-corrected chi connectivity index (χ4v) is 4.69. The lowest BCUT2D eigenvalue weighted by atomic mass is 9.97. The summed E-state index contributed by atoms with van der Waals surface area (Å²) < 4.78 is 11.8. The van der Waals surface area contributed by atoms with Gasteiger partial charge in [-0.05, 0) is 67.8 Å². The summed E-state index contributed by atoms with van der Waals surface area (Å²) in [6, 6.07) is 9.97. The number of morpholine rings is 1. The Morgan fingerprint density at radius 1 is 1.23 bits per heavy atom. The van der Waals surface area contributed by atoms with Crippen LogP contribution in [0, 0.1) is 0 Å². The number of unbranched alkanes of at least 4 members (excludes halogenated alkanes) is 1. The molecule has 2 heterocycles. The molecule has 2 fully saturated rings. The van der Waals surface area contributed by atoms with Gasteiger partial charge in [-0.1, -0.05) is 37.0 Å². The summed E-state index contributed by atoms with van der Waals surface area (Å²) in [4.78, 5) is 17.7. The minimum Gasteiger partial charge on any atom is -0.490 e. The average molecular weight is 479 g/mol. The van der Waals surface area contributed by atoms with E-state index in [4.69, 9.17) is 15.0 Å². The second kappa shape index (κ2) is 12.5. The molecule has 0 spiro atoms. The van der Waals surface area contributed by atoms with E-state index in [-0.39, 0.29) is 18.6 Å². The number of amides is 1. The molecule has 1 saturated heterocycles. The van der Waals surface area contributed by atoms with Crippen molar-refractivity contribution >= 4 is 5.91 Å². The summed E-state index contributed by atoms with van der Waals surface area (Å²) in [7, 11) is 0. The Labute approximate surface area is 206 Å². The number of carbonyl (C=O) groups excluding carboxylic acids is 1. The van der Waals surface area contributed by atoms with Crippen molar-refractivity contribution in [3.8, 4) is 16.9 Å². The summed E-state index contributed by atoms with van der Waals surface area (Å²) >= 11 is 0. The van der Waals surface area contributed by atoms with Crippen LogP contribution in [0.2, 0.25) is 0 Å². The monoisotopic (exact) mass is 478 g/mol. The van der Waals surface area contributed by atoms with Gasteiger partial charge in [0.05, 0.1) is 31.1 Å². The van der Waals surface area contributed by atoms with Crippen LogP contribution in [0.1, 0.15) is 68.1 Å². The van der Waals surface area contributed by atoms with Gasteiger partial charge in [0.25, 0.3) is 5.91 Å². The summed E-state index contributed by atoms with van der Waals surface area (Å²) in [6.07, 6.45) is 8.86. The molecule has 0 bridgehead atoms. The lowest BCUT2D eigenvalue weighted by Gasteiger charge is -2.32. The lowest BCUT2D eigenvalue weighted by Crippen LogP contribution is -2.46. The van der Waals surface area contributed by atoms with Gasteiger partial charge >= 0.3 is 0 Å². The number of benzene rings is 1. The highest BCUT2D eigenvalue weighted by molar-refractivity contribution is 5.93. The highest BCUT2D eigenvalue weighted by Gasteiger charge is 2.26. The molecule has 1 amide bonds. The van der Waals surface area contributed by atoms with E-state index in [9.17, 15) is 4.79 Å². The topological polar surface area (TPSA) is 113 Å². The maximum atomic E-state index is 13.2. The van der Waals surface area contributed by atoms with Crippen LogP contribution in [0.3, 0.4) is 0 Å². The zero-order valence-corrected chi connectivity index (χ0v) is 20.4. The first-order valence-corrected chi connectivity index (χ1v) is 12.7. The molecule has 1 aliphatic carbocycles. The normalized spacial score (nSPS) is 18.7. The molecule has 0 unspecified atom stereocenters. The Balaban J connectivity index is 1.53. The van der Waals surface area contributed by atoms with E-state index in [0.29, 0.717) is 31.5 Å². The van der Waals surface area contributed by atoms with E-state index in [0.717, 1.165) is 54.7 Å². The van der Waals surface area contributed by atoms with Gasteiger partial charge in [0.1, 0.15) is 5.75 Å². The number of aromatic nitrogens is 2. The van der Waals surface area contributed by atoms with Gasteiger partial charge in [-0.2, -0.15) is 5.10 Å². The number of hydrogen-bond acceptors (Lipinski definition) is 6. The van der Waals surface area contributed by atoms with Crippen LogP contribution in [-0.4, -0.2) is 59.5 Å². The molecule has 9 heteroatoms. The van der Waals surface area contributed by atoms with Crippen molar-refractivity contribution in [3.05, 3.63) is 52.2 Å². The van der Waals surface area contributed by atoms with Gasteiger partial charge in [0, 0.05) is 23.6 Å². The van der Waals surface area contributed by atoms with Crippen molar-refractivity contribution in [2.45, 2.75) is 70.5 Å². The molecule has 186 valence electrons. The molecule has 1 saturated carbocycles. The largest absolute Gasteiger partial charge is 0.490 e. The molecule has 9 nitrogen and oxygen atoms in total. The van der Waals surface area contributed by atoms with E-state index < -0.39 is 0 Å². The maximum Gasteiger partial charge on any atom is 0.274 e. The van der Waals surface area contributed by atoms with Crippen LogP contribution >= 0.6 is 0 Å². The van der Waals surface area contributed by atoms with Crippen molar-refractivity contribution in [1.82, 2.24) is 15.1 Å². The molecule has 1 aromatic carbocycles. The molecular formula is C26H34N6O3. The zero-order chi connectivity index (χ0) is 24.5. The smallest absolute Gasteiger partial charge is 0.274 e. The molecule has 0 radical (unpaired) electrons. The predicted molar refractivity (Wildman–Crippen MR) is 133 cm³/mol. The van der Waals surface area contributed by atoms with Crippen LogP contribution in [0.4, 0.5) is 0 Å². The average Bonchev–Trinajstić information content (AvgIpc) is 2.91. The minimum atomic E-state index is -0.309. The van der Waals surface area contributed by atoms with Crippen LogP contribution < -0.4 is 4.74 Å². The Morgan fingerprint density at radius 3 is 2.77 bits per heavy atom. The van der Waals surface area contributed by atoms with Crippen molar-refractivity contribution in [2.75, 3.05) is 26.2 Å². The standard InChI is InChI=1S/C26H34N6O3/c1-2-3-9-24-23(19-10-12-21(13-11-19)35-20-7-5-4-6-8-20)16-25(30-29-24)26(33)32-14-15-34-22(18-32)17-28-31-27/h10-13,16,20,22H,2-9,14-15,17-18H2,1H3/t22-/m0/s1. The lowest BCUT2D eigenvalue weighted by molar-refractivity contribution is -0.0169. The second-order valence-electron chi connectivity index (χ2n) is 9.25. The van der Waals surface area contributed by atoms with Crippen molar-refractivity contribution in [1.29, 1.82) is 0 Å². The van der Waals surface area contributed by atoms with Gasteiger partial charge in [-0.25, -0.2) is 0 Å². The number of rotatable bonds is 9. The molecule has 0 N–H and O–H groups in total. The van der Waals surface area contributed by atoms with Gasteiger partial charge in [0.2, 0.25) is 0 Å².